The van der Waals surface area contributed by atoms with Crippen LogP contribution < -0.4 is 4.90 Å². The molecular formula is C25H28ClN7O2. The number of hydrogen-bond acceptors (Lipinski definition) is 7. The molecule has 0 atom stereocenters. The molecule has 182 valence electrons. The number of amides is 1. The van der Waals surface area contributed by atoms with Gasteiger partial charge >= 0.3 is 0 Å². The first-order chi connectivity index (χ1) is 16.7. The van der Waals surface area contributed by atoms with E-state index in [0.717, 1.165) is 23.4 Å². The van der Waals surface area contributed by atoms with E-state index < -0.39 is 0 Å². The van der Waals surface area contributed by atoms with Gasteiger partial charge in [-0.15, -0.1) is 0 Å². The topological polar surface area (TPSA) is 93.2 Å². The van der Waals surface area contributed by atoms with E-state index in [1.54, 1.807) is 23.1 Å². The van der Waals surface area contributed by atoms with Gasteiger partial charge in [0, 0.05) is 37.3 Å². The van der Waals surface area contributed by atoms with Crippen LogP contribution in [0.3, 0.4) is 0 Å². The summed E-state index contributed by atoms with van der Waals surface area (Å²) in [5.41, 5.74) is 4.63. The highest BCUT2D eigenvalue weighted by molar-refractivity contribution is 6.29. The molecule has 0 radical (unpaired) electrons. The van der Waals surface area contributed by atoms with Crippen LogP contribution >= 0.6 is 11.6 Å². The maximum Gasteiger partial charge on any atom is 0.300 e. The van der Waals surface area contributed by atoms with Crippen molar-refractivity contribution in [3.8, 4) is 11.3 Å². The number of halogens is 1. The van der Waals surface area contributed by atoms with Gasteiger partial charge in [-0.2, -0.15) is 20.0 Å². The van der Waals surface area contributed by atoms with E-state index in [1.165, 1.54) is 0 Å². The fourth-order valence-electron chi connectivity index (χ4n) is 4.21. The Kier molecular flexibility index (Phi) is 5.96. The Balaban J connectivity index is 1.25. The molecule has 0 saturated carbocycles. The third-order valence-corrected chi connectivity index (χ3v) is 6.16. The van der Waals surface area contributed by atoms with Gasteiger partial charge in [0.15, 0.2) is 5.58 Å². The molecule has 1 saturated heterocycles. The quantitative estimate of drug-likeness (QED) is 0.387. The second-order valence-corrected chi connectivity index (χ2v) is 10.5. The van der Waals surface area contributed by atoms with E-state index in [4.69, 9.17) is 16.0 Å². The van der Waals surface area contributed by atoms with Crippen molar-refractivity contribution in [2.45, 2.75) is 34.2 Å². The molecule has 10 heteroatoms. The second kappa shape index (κ2) is 8.96. The summed E-state index contributed by atoms with van der Waals surface area (Å²) in [6.07, 6.45) is 1.78. The highest BCUT2D eigenvalue weighted by atomic mass is 35.5. The molecule has 1 aliphatic heterocycles. The fourth-order valence-corrected chi connectivity index (χ4v) is 4.35. The molecule has 0 N–H and O–H groups in total. The number of pyridine rings is 1. The molecule has 0 bridgehead atoms. The lowest BCUT2D eigenvalue weighted by atomic mass is 9.97. The normalized spacial score (nSPS) is 14.7. The molecule has 4 aromatic rings. The molecule has 0 unspecified atom stereocenters. The molecule has 9 nitrogen and oxygen atoms in total. The largest absolute Gasteiger partial charge is 0.422 e. The minimum absolute atomic E-state index is 0.0155. The maximum absolute atomic E-state index is 13.2. The van der Waals surface area contributed by atoms with Crippen LogP contribution in [-0.2, 0) is 6.54 Å². The van der Waals surface area contributed by atoms with Gasteiger partial charge in [-0.05, 0) is 42.2 Å². The number of aromatic nitrogens is 5. The number of rotatable bonds is 4. The molecule has 3 aromatic heterocycles. The van der Waals surface area contributed by atoms with Crippen LogP contribution in [0, 0.1) is 12.3 Å². The van der Waals surface area contributed by atoms with Gasteiger partial charge in [0.1, 0.15) is 10.8 Å². The Morgan fingerprint density at radius 1 is 1.09 bits per heavy atom. The highest BCUT2D eigenvalue weighted by Crippen LogP contribution is 2.26. The first kappa shape index (κ1) is 23.3. The summed E-state index contributed by atoms with van der Waals surface area (Å²) in [6.45, 7) is 11.6. The zero-order valence-corrected chi connectivity index (χ0v) is 21.1. The maximum atomic E-state index is 13.2. The summed E-state index contributed by atoms with van der Waals surface area (Å²) in [4.78, 5) is 27.4. The summed E-state index contributed by atoms with van der Waals surface area (Å²) >= 11 is 5.95. The Labute approximate surface area is 208 Å². The van der Waals surface area contributed by atoms with Crippen LogP contribution in [-0.4, -0.2) is 61.9 Å². The number of piperazine rings is 1. The zero-order chi connectivity index (χ0) is 24.7. The number of carbonyl (C=O) groups excluding carboxylic acids is 1. The monoisotopic (exact) mass is 493 g/mol. The average molecular weight is 494 g/mol. The van der Waals surface area contributed by atoms with E-state index in [2.05, 4.69) is 40.9 Å². The third-order valence-electron chi connectivity index (χ3n) is 5.95. The number of nitrogens with zero attached hydrogens (tertiary/aromatic N) is 7. The predicted octanol–water partition coefficient (Wildman–Crippen LogP) is 4.45. The number of anilines is 1. The van der Waals surface area contributed by atoms with Crippen molar-refractivity contribution in [3.05, 3.63) is 52.8 Å². The summed E-state index contributed by atoms with van der Waals surface area (Å²) < 4.78 is 5.82. The van der Waals surface area contributed by atoms with Crippen molar-refractivity contribution in [1.82, 2.24) is 29.9 Å². The van der Waals surface area contributed by atoms with E-state index >= 15 is 0 Å². The number of hydrogen-bond donors (Lipinski definition) is 0. The van der Waals surface area contributed by atoms with E-state index in [-0.39, 0.29) is 11.3 Å². The van der Waals surface area contributed by atoms with Crippen LogP contribution in [0.15, 0.2) is 40.9 Å². The summed E-state index contributed by atoms with van der Waals surface area (Å²) in [5.74, 6) is 0.0155. The smallest absolute Gasteiger partial charge is 0.300 e. The molecule has 1 fully saturated rings. The predicted molar refractivity (Wildman–Crippen MR) is 135 cm³/mol. The van der Waals surface area contributed by atoms with Crippen LogP contribution in [0.5, 0.6) is 0 Å². The standard InChI is InChI=1S/C25H28ClN7O2/c1-16-13-17(5-6-18(16)19-14-27-33(30-19)15-25(2,3)4)23(34)31-9-11-32(12-10-31)24-29-22-20(35-24)7-8-21(26)28-22/h5-8,13-14H,9-12,15H2,1-4H3. The molecule has 1 aromatic carbocycles. The number of oxazole rings is 1. The van der Waals surface area contributed by atoms with Crippen LogP contribution in [0.1, 0.15) is 36.7 Å². The lowest BCUT2D eigenvalue weighted by molar-refractivity contribution is 0.0745. The summed E-state index contributed by atoms with van der Waals surface area (Å²) in [6, 6.07) is 9.70. The molecule has 4 heterocycles. The molecule has 5 rings (SSSR count). The fraction of sp³-hybridized carbons (Fsp3) is 0.400. The first-order valence-electron chi connectivity index (χ1n) is 11.6. The number of aryl methyl sites for hydroxylation is 1. The van der Waals surface area contributed by atoms with Gasteiger partial charge in [-0.1, -0.05) is 38.4 Å². The van der Waals surface area contributed by atoms with Gasteiger partial charge in [-0.3, -0.25) is 4.79 Å². The van der Waals surface area contributed by atoms with Gasteiger partial charge < -0.3 is 14.2 Å². The molecular weight excluding hydrogens is 466 g/mol. The van der Waals surface area contributed by atoms with Crippen molar-refractivity contribution in [2.24, 2.45) is 5.41 Å². The van der Waals surface area contributed by atoms with E-state index in [1.807, 2.05) is 34.9 Å². The van der Waals surface area contributed by atoms with Crippen molar-refractivity contribution in [3.63, 3.8) is 0 Å². The van der Waals surface area contributed by atoms with Gasteiger partial charge in [0.25, 0.3) is 11.9 Å². The average Bonchev–Trinajstić information content (AvgIpc) is 3.44. The lowest BCUT2D eigenvalue weighted by Crippen LogP contribution is -2.48. The highest BCUT2D eigenvalue weighted by Gasteiger charge is 2.25. The molecule has 1 amide bonds. The van der Waals surface area contributed by atoms with Crippen molar-refractivity contribution < 1.29 is 9.21 Å². The summed E-state index contributed by atoms with van der Waals surface area (Å²) in [7, 11) is 0. The zero-order valence-electron chi connectivity index (χ0n) is 20.3. The Morgan fingerprint density at radius 3 is 2.57 bits per heavy atom. The molecule has 35 heavy (non-hydrogen) atoms. The minimum Gasteiger partial charge on any atom is -0.422 e. The summed E-state index contributed by atoms with van der Waals surface area (Å²) in [5, 5.41) is 9.41. The van der Waals surface area contributed by atoms with E-state index in [0.29, 0.717) is 54.1 Å². The van der Waals surface area contributed by atoms with Gasteiger partial charge in [0.05, 0.1) is 12.7 Å². The van der Waals surface area contributed by atoms with Gasteiger partial charge in [-0.25, -0.2) is 4.98 Å². The third kappa shape index (κ3) is 5.00. The molecule has 0 aliphatic carbocycles. The van der Waals surface area contributed by atoms with Crippen molar-refractivity contribution >= 4 is 34.8 Å². The molecule has 0 spiro atoms. The Bertz CT molecular complexity index is 1380. The van der Waals surface area contributed by atoms with Gasteiger partial charge in [0.2, 0.25) is 5.65 Å². The number of carbonyl (C=O) groups is 1. The first-order valence-corrected chi connectivity index (χ1v) is 12.0. The SMILES string of the molecule is Cc1cc(C(=O)N2CCN(c3nc4nc(Cl)ccc4o3)CC2)ccc1-c1cnn(CC(C)(C)C)n1. The Morgan fingerprint density at radius 2 is 1.86 bits per heavy atom. The number of fused-ring (bicyclic) bond motifs is 1. The van der Waals surface area contributed by atoms with E-state index in [9.17, 15) is 4.79 Å². The van der Waals surface area contributed by atoms with Crippen LogP contribution in [0.25, 0.3) is 22.5 Å². The van der Waals surface area contributed by atoms with Crippen LogP contribution in [0.4, 0.5) is 6.01 Å². The second-order valence-electron chi connectivity index (χ2n) is 10.1. The lowest BCUT2D eigenvalue weighted by Gasteiger charge is -2.33. The minimum atomic E-state index is 0.0155. The molecule has 1 aliphatic rings. The van der Waals surface area contributed by atoms with Crippen LogP contribution in [0.2, 0.25) is 5.15 Å². The van der Waals surface area contributed by atoms with Crippen molar-refractivity contribution in [1.29, 1.82) is 0 Å². The Hall–Kier alpha value is -3.46. The number of benzene rings is 1. The van der Waals surface area contributed by atoms with Crippen molar-refractivity contribution in [2.75, 3.05) is 31.1 Å².